The lowest BCUT2D eigenvalue weighted by Crippen LogP contribution is -2.51. The predicted molar refractivity (Wildman–Crippen MR) is 124 cm³/mol. The van der Waals surface area contributed by atoms with Gasteiger partial charge in [0.1, 0.15) is 5.54 Å². The molecule has 0 aromatic heterocycles. The Labute approximate surface area is 188 Å². The van der Waals surface area contributed by atoms with Gasteiger partial charge in [0.2, 0.25) is 0 Å². The van der Waals surface area contributed by atoms with Gasteiger partial charge < -0.3 is 5.32 Å². The molecule has 1 fully saturated rings. The molecule has 1 N–H and O–H groups in total. The van der Waals surface area contributed by atoms with Crippen LogP contribution in [0.15, 0.2) is 84.9 Å². The van der Waals surface area contributed by atoms with Gasteiger partial charge in [0, 0.05) is 25.9 Å². The molecule has 3 aromatic rings. The molecule has 162 valence electrons. The van der Waals surface area contributed by atoms with Crippen LogP contribution in [0.3, 0.4) is 0 Å². The molecule has 32 heavy (non-hydrogen) atoms. The Balaban J connectivity index is 1.40. The summed E-state index contributed by atoms with van der Waals surface area (Å²) in [4.78, 5) is 30.4. The number of benzene rings is 3. The molecule has 5 nitrogen and oxygen atoms in total. The molecule has 2 aliphatic heterocycles. The zero-order chi connectivity index (χ0) is 22.0. The minimum atomic E-state index is -0.979. The Morgan fingerprint density at radius 1 is 0.750 bits per heavy atom. The molecule has 0 radical (unpaired) electrons. The van der Waals surface area contributed by atoms with Gasteiger partial charge in [-0.15, -0.1) is 0 Å². The fourth-order valence-corrected chi connectivity index (χ4v) is 4.87. The van der Waals surface area contributed by atoms with E-state index in [1.807, 2.05) is 66.7 Å². The lowest BCUT2D eigenvalue weighted by molar-refractivity contribution is -0.133. The van der Waals surface area contributed by atoms with Crippen LogP contribution in [0.1, 0.15) is 22.3 Å². The number of hydrogen-bond acceptors (Lipinski definition) is 3. The lowest BCUT2D eigenvalue weighted by Gasteiger charge is -2.32. The first-order valence-corrected chi connectivity index (χ1v) is 11.1. The van der Waals surface area contributed by atoms with Crippen molar-refractivity contribution in [3.63, 3.8) is 0 Å². The molecular weight excluding hydrogens is 398 g/mol. The number of imide groups is 1. The van der Waals surface area contributed by atoms with Gasteiger partial charge >= 0.3 is 6.03 Å². The summed E-state index contributed by atoms with van der Waals surface area (Å²) < 4.78 is 0. The van der Waals surface area contributed by atoms with Gasteiger partial charge in [-0.25, -0.2) is 9.69 Å². The van der Waals surface area contributed by atoms with Crippen LogP contribution in [-0.2, 0) is 30.6 Å². The summed E-state index contributed by atoms with van der Waals surface area (Å²) in [6, 6.07) is 27.9. The van der Waals surface area contributed by atoms with Gasteiger partial charge in [0.15, 0.2) is 0 Å². The minimum absolute atomic E-state index is 0.144. The Kier molecular flexibility index (Phi) is 5.50. The summed E-state index contributed by atoms with van der Waals surface area (Å²) in [7, 11) is 0. The van der Waals surface area contributed by atoms with Crippen molar-refractivity contribution in [3.05, 3.63) is 107 Å². The highest BCUT2D eigenvalue weighted by molar-refractivity contribution is 6.07. The van der Waals surface area contributed by atoms with Gasteiger partial charge in [-0.3, -0.25) is 9.69 Å². The van der Waals surface area contributed by atoms with Crippen LogP contribution in [0.25, 0.3) is 0 Å². The number of amides is 3. The van der Waals surface area contributed by atoms with Crippen LogP contribution >= 0.6 is 0 Å². The van der Waals surface area contributed by atoms with Gasteiger partial charge in [-0.1, -0.05) is 84.9 Å². The zero-order valence-electron chi connectivity index (χ0n) is 18.0. The summed E-state index contributed by atoms with van der Waals surface area (Å²) in [6.45, 7) is 1.89. The summed E-state index contributed by atoms with van der Waals surface area (Å²) in [5.41, 5.74) is 3.71. The van der Waals surface area contributed by atoms with Crippen LogP contribution in [0.4, 0.5) is 4.79 Å². The van der Waals surface area contributed by atoms with E-state index < -0.39 is 5.54 Å². The number of urea groups is 1. The molecule has 1 saturated heterocycles. The highest BCUT2D eigenvalue weighted by Crippen LogP contribution is 2.28. The second-order valence-electron chi connectivity index (χ2n) is 8.78. The van der Waals surface area contributed by atoms with E-state index in [1.165, 1.54) is 16.0 Å². The fraction of sp³-hybridized carbons (Fsp3) is 0.259. The van der Waals surface area contributed by atoms with E-state index >= 15 is 0 Å². The van der Waals surface area contributed by atoms with Crippen LogP contribution < -0.4 is 5.32 Å². The number of rotatable bonds is 6. The van der Waals surface area contributed by atoms with Gasteiger partial charge in [0.25, 0.3) is 5.91 Å². The highest BCUT2D eigenvalue weighted by Gasteiger charge is 2.51. The monoisotopic (exact) mass is 425 g/mol. The third-order valence-electron chi connectivity index (χ3n) is 6.49. The van der Waals surface area contributed by atoms with E-state index in [2.05, 4.69) is 28.4 Å². The maximum Gasteiger partial charge on any atom is 0.326 e. The first-order valence-electron chi connectivity index (χ1n) is 11.1. The molecule has 3 aromatic carbocycles. The van der Waals surface area contributed by atoms with E-state index in [-0.39, 0.29) is 11.9 Å². The molecule has 0 spiro atoms. The van der Waals surface area contributed by atoms with Gasteiger partial charge in [0.05, 0.1) is 6.67 Å². The molecule has 0 saturated carbocycles. The van der Waals surface area contributed by atoms with Gasteiger partial charge in [-0.05, 0) is 28.7 Å². The van der Waals surface area contributed by atoms with Crippen molar-refractivity contribution in [2.75, 3.05) is 13.2 Å². The van der Waals surface area contributed by atoms with Crippen LogP contribution in [0.5, 0.6) is 0 Å². The SMILES string of the molecule is O=C1NC(Cc2ccccc2)(Cc2ccccc2)C(=O)N1CN1CCc2ccccc2C1. The molecule has 5 heteroatoms. The van der Waals surface area contributed by atoms with Crippen molar-refractivity contribution < 1.29 is 9.59 Å². The average Bonchev–Trinajstić information content (AvgIpc) is 3.04. The third kappa shape index (κ3) is 4.04. The molecule has 2 heterocycles. The molecular formula is C27H27N3O2. The number of hydrogen-bond donors (Lipinski definition) is 1. The second kappa shape index (κ2) is 8.60. The molecule has 5 rings (SSSR count). The first kappa shape index (κ1) is 20.5. The van der Waals surface area contributed by atoms with Crippen molar-refractivity contribution in [2.45, 2.75) is 31.3 Å². The molecule has 3 amide bonds. The fourth-order valence-electron chi connectivity index (χ4n) is 4.87. The predicted octanol–water partition coefficient (Wildman–Crippen LogP) is 3.78. The first-order chi connectivity index (χ1) is 15.6. The summed E-state index contributed by atoms with van der Waals surface area (Å²) in [6.07, 6.45) is 1.86. The Hall–Kier alpha value is -3.44. The van der Waals surface area contributed by atoms with Crippen LogP contribution in [0, 0.1) is 0 Å². The maximum absolute atomic E-state index is 13.8. The Bertz CT molecular complexity index is 1070. The standard InChI is InChI=1S/C27H27N3O2/c31-25-27(17-21-9-3-1-4-10-21,18-22-11-5-2-6-12-22)28-26(32)30(25)20-29-16-15-23-13-7-8-14-24(23)19-29/h1-14H,15-20H2,(H,28,32). The van der Waals surface area contributed by atoms with Crippen LogP contribution in [-0.4, -0.2) is 40.5 Å². The summed E-state index contributed by atoms with van der Waals surface area (Å²) in [5, 5.41) is 3.08. The number of fused-ring (bicyclic) bond motifs is 1. The Morgan fingerprint density at radius 3 is 1.94 bits per heavy atom. The highest BCUT2D eigenvalue weighted by atomic mass is 16.2. The normalized spacial score (nSPS) is 17.8. The van der Waals surface area contributed by atoms with Crippen molar-refractivity contribution in [1.82, 2.24) is 15.1 Å². The van der Waals surface area contributed by atoms with E-state index in [9.17, 15) is 9.59 Å². The van der Waals surface area contributed by atoms with E-state index in [0.717, 1.165) is 30.6 Å². The number of carbonyl (C=O) groups excluding carboxylic acids is 2. The number of carbonyl (C=O) groups is 2. The lowest BCUT2D eigenvalue weighted by atomic mass is 9.84. The molecule has 2 aliphatic rings. The van der Waals surface area contributed by atoms with Crippen molar-refractivity contribution >= 4 is 11.9 Å². The molecule has 0 unspecified atom stereocenters. The minimum Gasteiger partial charge on any atom is -0.322 e. The maximum atomic E-state index is 13.8. The topological polar surface area (TPSA) is 52.7 Å². The van der Waals surface area contributed by atoms with Crippen molar-refractivity contribution in [3.8, 4) is 0 Å². The molecule has 0 atom stereocenters. The van der Waals surface area contributed by atoms with Crippen molar-refractivity contribution in [2.24, 2.45) is 0 Å². The molecule has 0 bridgehead atoms. The molecule has 0 aliphatic carbocycles. The van der Waals surface area contributed by atoms with Crippen molar-refractivity contribution in [1.29, 1.82) is 0 Å². The third-order valence-corrected chi connectivity index (χ3v) is 6.49. The average molecular weight is 426 g/mol. The number of nitrogens with zero attached hydrogens (tertiary/aromatic N) is 2. The number of nitrogens with one attached hydrogen (secondary N) is 1. The van der Waals surface area contributed by atoms with E-state index in [4.69, 9.17) is 0 Å². The summed E-state index contributed by atoms with van der Waals surface area (Å²) >= 11 is 0. The Morgan fingerprint density at radius 2 is 1.31 bits per heavy atom. The van der Waals surface area contributed by atoms with Gasteiger partial charge in [-0.2, -0.15) is 0 Å². The van der Waals surface area contributed by atoms with Crippen LogP contribution in [0.2, 0.25) is 0 Å². The van der Waals surface area contributed by atoms with E-state index in [0.29, 0.717) is 19.5 Å². The second-order valence-corrected chi connectivity index (χ2v) is 8.78. The largest absolute Gasteiger partial charge is 0.326 e. The zero-order valence-corrected chi connectivity index (χ0v) is 18.0. The van der Waals surface area contributed by atoms with E-state index in [1.54, 1.807) is 0 Å². The quantitative estimate of drug-likeness (QED) is 0.612. The summed E-state index contributed by atoms with van der Waals surface area (Å²) in [5.74, 6) is -0.144. The smallest absolute Gasteiger partial charge is 0.322 e.